The van der Waals surface area contributed by atoms with E-state index in [1.165, 1.54) is 0 Å². The molecule has 0 aliphatic carbocycles. The molecule has 0 aromatic carbocycles. The Balaban J connectivity index is 2.28. The maximum atomic E-state index is 5.71. The summed E-state index contributed by atoms with van der Waals surface area (Å²) < 4.78 is 16.9. The van der Waals surface area contributed by atoms with Gasteiger partial charge >= 0.3 is 0 Å². The second kappa shape index (κ2) is 11.6. The lowest BCUT2D eigenvalue weighted by molar-refractivity contribution is 0.0331. The van der Waals surface area contributed by atoms with Gasteiger partial charge < -0.3 is 14.2 Å². The lowest BCUT2D eigenvalue weighted by Crippen LogP contribution is -2.33. The Hall–Kier alpha value is -0.200. The van der Waals surface area contributed by atoms with E-state index in [0.717, 1.165) is 65.7 Å². The Morgan fingerprint density at radius 2 is 0.895 bits per heavy atom. The zero-order valence-electron chi connectivity index (χ0n) is 12.6. The second-order valence-electron chi connectivity index (χ2n) is 4.71. The fourth-order valence-electron chi connectivity index (χ4n) is 2.05. The predicted octanol–water partition coefficient (Wildman–Crippen LogP) is 0.694. The zero-order valence-corrected chi connectivity index (χ0v) is 12.6. The fourth-order valence-corrected chi connectivity index (χ4v) is 2.05. The first-order valence-corrected chi connectivity index (χ1v) is 7.54. The first kappa shape index (κ1) is 16.9. The maximum absolute atomic E-state index is 5.71. The summed E-state index contributed by atoms with van der Waals surface area (Å²) in [6.07, 6.45) is 0. The Morgan fingerprint density at radius 1 is 0.579 bits per heavy atom. The van der Waals surface area contributed by atoms with E-state index >= 15 is 0 Å². The minimum Gasteiger partial charge on any atom is -0.379 e. The van der Waals surface area contributed by atoms with Crippen molar-refractivity contribution >= 4 is 0 Å². The summed E-state index contributed by atoms with van der Waals surface area (Å²) in [5.41, 5.74) is 0. The highest BCUT2D eigenvalue weighted by Crippen LogP contribution is 1.93. The van der Waals surface area contributed by atoms with Crippen LogP contribution in [0.25, 0.3) is 0 Å². The Labute approximate surface area is 117 Å². The van der Waals surface area contributed by atoms with Crippen LogP contribution in [0.15, 0.2) is 0 Å². The van der Waals surface area contributed by atoms with Gasteiger partial charge in [0.25, 0.3) is 0 Å². The van der Waals surface area contributed by atoms with Crippen molar-refractivity contribution in [2.24, 2.45) is 0 Å². The van der Waals surface area contributed by atoms with Gasteiger partial charge in [-0.15, -0.1) is 0 Å². The van der Waals surface area contributed by atoms with Crippen molar-refractivity contribution in [1.29, 1.82) is 0 Å². The molecule has 1 aliphatic rings. The standard InChI is InChI=1S/C14H30N2O3/c1-3-15-5-9-17-10-6-16(4-2)8-12-19-14-13-18-11-7-15/h3-14H2,1-2H3. The summed E-state index contributed by atoms with van der Waals surface area (Å²) in [6.45, 7) is 14.9. The molecule has 114 valence electrons. The van der Waals surface area contributed by atoms with Crippen molar-refractivity contribution in [3.05, 3.63) is 0 Å². The van der Waals surface area contributed by atoms with Gasteiger partial charge in [-0.05, 0) is 13.1 Å². The number of likely N-dealkylation sites (N-methyl/N-ethyl adjacent to an activating group) is 2. The lowest BCUT2D eigenvalue weighted by atomic mass is 10.4. The van der Waals surface area contributed by atoms with E-state index in [9.17, 15) is 0 Å². The normalized spacial score (nSPS) is 23.7. The van der Waals surface area contributed by atoms with E-state index in [4.69, 9.17) is 14.2 Å². The topological polar surface area (TPSA) is 34.2 Å². The third-order valence-corrected chi connectivity index (χ3v) is 3.47. The first-order valence-electron chi connectivity index (χ1n) is 7.54. The van der Waals surface area contributed by atoms with Crippen molar-refractivity contribution in [3.63, 3.8) is 0 Å². The molecule has 0 bridgehead atoms. The van der Waals surface area contributed by atoms with Gasteiger partial charge in [0.05, 0.1) is 39.6 Å². The summed E-state index contributed by atoms with van der Waals surface area (Å²) in [5.74, 6) is 0. The molecule has 1 aliphatic heterocycles. The van der Waals surface area contributed by atoms with E-state index in [-0.39, 0.29) is 0 Å². The minimum absolute atomic E-state index is 0.695. The number of hydrogen-bond acceptors (Lipinski definition) is 5. The molecule has 1 fully saturated rings. The molecule has 0 spiro atoms. The minimum atomic E-state index is 0.695. The van der Waals surface area contributed by atoms with Gasteiger partial charge in [0.15, 0.2) is 0 Å². The SMILES string of the molecule is CCN1CCOCCOCCN(CC)CCOCC1. The number of rotatable bonds is 2. The van der Waals surface area contributed by atoms with E-state index in [2.05, 4.69) is 23.6 Å². The van der Waals surface area contributed by atoms with Gasteiger partial charge in [0, 0.05) is 26.2 Å². The average Bonchev–Trinajstić information content (AvgIpc) is 2.45. The molecule has 0 saturated carbocycles. The molecule has 0 amide bonds. The Kier molecular flexibility index (Phi) is 10.3. The average molecular weight is 274 g/mol. The van der Waals surface area contributed by atoms with Crippen LogP contribution in [0.4, 0.5) is 0 Å². The fraction of sp³-hybridized carbons (Fsp3) is 1.00. The first-order chi connectivity index (χ1) is 9.36. The van der Waals surface area contributed by atoms with Crippen molar-refractivity contribution in [3.8, 4) is 0 Å². The van der Waals surface area contributed by atoms with E-state index in [1.807, 2.05) is 0 Å². The smallest absolute Gasteiger partial charge is 0.0701 e. The van der Waals surface area contributed by atoms with Crippen LogP contribution in [-0.2, 0) is 14.2 Å². The molecule has 0 aromatic rings. The lowest BCUT2D eigenvalue weighted by Gasteiger charge is -2.21. The van der Waals surface area contributed by atoms with Crippen LogP contribution in [0.3, 0.4) is 0 Å². The molecule has 5 heteroatoms. The van der Waals surface area contributed by atoms with Crippen LogP contribution < -0.4 is 0 Å². The van der Waals surface area contributed by atoms with Crippen molar-refractivity contribution in [2.75, 3.05) is 78.9 Å². The third-order valence-electron chi connectivity index (χ3n) is 3.47. The molecule has 1 heterocycles. The predicted molar refractivity (Wildman–Crippen MR) is 76.7 cm³/mol. The van der Waals surface area contributed by atoms with Gasteiger partial charge in [-0.1, -0.05) is 13.8 Å². The van der Waals surface area contributed by atoms with E-state index < -0.39 is 0 Å². The van der Waals surface area contributed by atoms with Crippen LogP contribution in [0.5, 0.6) is 0 Å². The molecule has 1 saturated heterocycles. The molecule has 0 atom stereocenters. The molecule has 19 heavy (non-hydrogen) atoms. The summed E-state index contributed by atoms with van der Waals surface area (Å²) >= 11 is 0. The zero-order chi connectivity index (χ0) is 13.8. The van der Waals surface area contributed by atoms with Gasteiger partial charge in [0.1, 0.15) is 0 Å². The van der Waals surface area contributed by atoms with Crippen LogP contribution in [0, 0.1) is 0 Å². The molecule has 0 N–H and O–H groups in total. The van der Waals surface area contributed by atoms with Gasteiger partial charge in [-0.25, -0.2) is 0 Å². The molecule has 5 nitrogen and oxygen atoms in total. The van der Waals surface area contributed by atoms with Gasteiger partial charge in [-0.3, -0.25) is 9.80 Å². The largest absolute Gasteiger partial charge is 0.379 e. The quantitative estimate of drug-likeness (QED) is 0.740. The molecule has 0 aromatic heterocycles. The summed E-state index contributed by atoms with van der Waals surface area (Å²) in [5, 5.41) is 0. The van der Waals surface area contributed by atoms with Crippen molar-refractivity contribution in [2.45, 2.75) is 13.8 Å². The second-order valence-corrected chi connectivity index (χ2v) is 4.71. The molecule has 0 radical (unpaired) electrons. The van der Waals surface area contributed by atoms with Crippen molar-refractivity contribution < 1.29 is 14.2 Å². The van der Waals surface area contributed by atoms with E-state index in [0.29, 0.717) is 13.2 Å². The Morgan fingerprint density at radius 3 is 1.21 bits per heavy atom. The number of hydrogen-bond donors (Lipinski definition) is 0. The summed E-state index contributed by atoms with van der Waals surface area (Å²) in [6, 6.07) is 0. The van der Waals surface area contributed by atoms with Crippen LogP contribution in [0.2, 0.25) is 0 Å². The summed E-state index contributed by atoms with van der Waals surface area (Å²) in [7, 11) is 0. The maximum Gasteiger partial charge on any atom is 0.0701 e. The molecular weight excluding hydrogens is 244 g/mol. The molecular formula is C14H30N2O3. The van der Waals surface area contributed by atoms with E-state index in [1.54, 1.807) is 0 Å². The third kappa shape index (κ3) is 8.55. The molecule has 1 rings (SSSR count). The monoisotopic (exact) mass is 274 g/mol. The number of nitrogens with zero attached hydrogens (tertiary/aromatic N) is 2. The van der Waals surface area contributed by atoms with Crippen LogP contribution in [-0.4, -0.2) is 88.7 Å². The van der Waals surface area contributed by atoms with Gasteiger partial charge in [-0.2, -0.15) is 0 Å². The van der Waals surface area contributed by atoms with Crippen LogP contribution in [0.1, 0.15) is 13.8 Å². The highest BCUT2D eigenvalue weighted by molar-refractivity contribution is 4.57. The van der Waals surface area contributed by atoms with Gasteiger partial charge in [0.2, 0.25) is 0 Å². The summed E-state index contributed by atoms with van der Waals surface area (Å²) in [4.78, 5) is 4.72. The Bertz CT molecular complexity index is 185. The van der Waals surface area contributed by atoms with Crippen LogP contribution >= 0.6 is 0 Å². The highest BCUT2D eigenvalue weighted by Gasteiger charge is 2.05. The molecule has 0 unspecified atom stereocenters. The highest BCUT2D eigenvalue weighted by atomic mass is 16.5. The number of ether oxygens (including phenoxy) is 3. The van der Waals surface area contributed by atoms with Crippen molar-refractivity contribution in [1.82, 2.24) is 9.80 Å².